The van der Waals surface area contributed by atoms with E-state index in [1.54, 1.807) is 12.1 Å². The molecular weight excluding hydrogens is 239 g/mol. The molecule has 1 aliphatic heterocycles. The van der Waals surface area contributed by atoms with Crippen molar-refractivity contribution in [3.63, 3.8) is 0 Å². The third-order valence-electron chi connectivity index (χ3n) is 3.07. The number of hydrogen-bond donors (Lipinski definition) is 1. The van der Waals surface area contributed by atoms with Crippen LogP contribution < -0.4 is 10.6 Å². The number of ether oxygens (including phenoxy) is 1. The lowest BCUT2D eigenvalue weighted by Crippen LogP contribution is -2.32. The summed E-state index contributed by atoms with van der Waals surface area (Å²) in [6.07, 6.45) is 0.924. The van der Waals surface area contributed by atoms with Gasteiger partial charge in [0.05, 0.1) is 18.3 Å². The second-order valence-electron chi connectivity index (χ2n) is 4.16. The molecule has 5 heteroatoms. The Balaban J connectivity index is 2.23. The largest absolute Gasteiger partial charge is 0.389 e. The molecule has 1 fully saturated rings. The summed E-state index contributed by atoms with van der Waals surface area (Å²) in [7, 11) is 1.87. The van der Waals surface area contributed by atoms with Crippen LogP contribution in [-0.4, -0.2) is 31.3 Å². The molecule has 3 nitrogen and oxygen atoms in total. The molecule has 0 aromatic heterocycles. The van der Waals surface area contributed by atoms with Gasteiger partial charge in [0.2, 0.25) is 0 Å². The molecule has 0 spiro atoms. The summed E-state index contributed by atoms with van der Waals surface area (Å²) >= 11 is 4.82. The van der Waals surface area contributed by atoms with E-state index in [0.29, 0.717) is 17.9 Å². The highest BCUT2D eigenvalue weighted by Gasteiger charge is 2.22. The van der Waals surface area contributed by atoms with E-state index in [4.69, 9.17) is 22.7 Å². The van der Waals surface area contributed by atoms with Gasteiger partial charge in [0.25, 0.3) is 0 Å². The molecule has 17 heavy (non-hydrogen) atoms. The molecule has 0 amide bonds. The van der Waals surface area contributed by atoms with Crippen molar-refractivity contribution in [3.05, 3.63) is 29.6 Å². The van der Waals surface area contributed by atoms with Gasteiger partial charge in [-0.05, 0) is 24.6 Å². The Kier molecular flexibility index (Phi) is 3.59. The van der Waals surface area contributed by atoms with Crippen LogP contribution in [0.2, 0.25) is 0 Å². The molecule has 0 aliphatic carbocycles. The molecule has 1 unspecified atom stereocenters. The molecule has 2 N–H and O–H groups in total. The van der Waals surface area contributed by atoms with Gasteiger partial charge < -0.3 is 15.4 Å². The normalized spacial score (nSPS) is 19.3. The van der Waals surface area contributed by atoms with Crippen molar-refractivity contribution in [1.29, 1.82) is 0 Å². The number of benzene rings is 1. The van der Waals surface area contributed by atoms with Crippen LogP contribution in [0.15, 0.2) is 18.2 Å². The zero-order chi connectivity index (χ0) is 12.4. The van der Waals surface area contributed by atoms with Crippen LogP contribution in [0.5, 0.6) is 0 Å². The van der Waals surface area contributed by atoms with Gasteiger partial charge in [0.1, 0.15) is 10.8 Å². The van der Waals surface area contributed by atoms with E-state index >= 15 is 0 Å². The topological polar surface area (TPSA) is 38.5 Å². The highest BCUT2D eigenvalue weighted by Crippen LogP contribution is 2.24. The van der Waals surface area contributed by atoms with Crippen molar-refractivity contribution in [1.82, 2.24) is 0 Å². The number of halogens is 1. The van der Waals surface area contributed by atoms with Gasteiger partial charge in [-0.2, -0.15) is 0 Å². The molecule has 1 atom stereocenters. The Morgan fingerprint density at radius 1 is 1.59 bits per heavy atom. The summed E-state index contributed by atoms with van der Waals surface area (Å²) in [4.78, 5) is 2.12. The molecule has 1 aromatic carbocycles. The number of nitrogens with two attached hydrogens (primary N) is 1. The Morgan fingerprint density at radius 3 is 2.88 bits per heavy atom. The predicted octanol–water partition coefficient (Wildman–Crippen LogP) is 1.69. The fourth-order valence-corrected chi connectivity index (χ4v) is 2.10. The van der Waals surface area contributed by atoms with E-state index in [-0.39, 0.29) is 16.8 Å². The predicted molar refractivity (Wildman–Crippen MR) is 69.9 cm³/mol. The van der Waals surface area contributed by atoms with E-state index in [9.17, 15) is 4.39 Å². The Bertz CT molecular complexity index is 433. The number of anilines is 1. The monoisotopic (exact) mass is 254 g/mol. The first-order valence-corrected chi connectivity index (χ1v) is 5.90. The van der Waals surface area contributed by atoms with Gasteiger partial charge in [-0.1, -0.05) is 12.2 Å². The van der Waals surface area contributed by atoms with Gasteiger partial charge in [-0.3, -0.25) is 0 Å². The van der Waals surface area contributed by atoms with Crippen LogP contribution in [0.1, 0.15) is 12.0 Å². The van der Waals surface area contributed by atoms with Crippen LogP contribution in [0.3, 0.4) is 0 Å². The first-order valence-electron chi connectivity index (χ1n) is 5.49. The summed E-state index contributed by atoms with van der Waals surface area (Å²) in [6.45, 7) is 1.38. The van der Waals surface area contributed by atoms with Crippen molar-refractivity contribution >= 4 is 22.9 Å². The lowest BCUT2D eigenvalue weighted by molar-refractivity contribution is 0.193. The molecule has 1 heterocycles. The highest BCUT2D eigenvalue weighted by atomic mass is 32.1. The third kappa shape index (κ3) is 2.56. The molecule has 1 aromatic rings. The summed E-state index contributed by atoms with van der Waals surface area (Å²) in [5, 5.41) is 0. The van der Waals surface area contributed by atoms with Crippen molar-refractivity contribution in [2.45, 2.75) is 12.5 Å². The second-order valence-corrected chi connectivity index (χ2v) is 4.60. The fourth-order valence-electron chi connectivity index (χ4n) is 1.97. The fraction of sp³-hybridized carbons (Fsp3) is 0.417. The van der Waals surface area contributed by atoms with Crippen LogP contribution in [-0.2, 0) is 4.74 Å². The molecule has 0 saturated carbocycles. The van der Waals surface area contributed by atoms with Gasteiger partial charge in [0, 0.05) is 19.2 Å². The molecular formula is C12H15FN2OS. The standard InChI is InChI=1S/C12H15FN2OS/c1-15(9-4-5-16-7-9)11-3-2-8(12(14)17)6-10(11)13/h2-3,6,9H,4-5,7H2,1H3,(H2,14,17). The molecule has 1 saturated heterocycles. The Hall–Kier alpha value is -1.20. The molecule has 1 aliphatic rings. The zero-order valence-electron chi connectivity index (χ0n) is 9.65. The van der Waals surface area contributed by atoms with E-state index in [2.05, 4.69) is 0 Å². The van der Waals surface area contributed by atoms with E-state index in [1.165, 1.54) is 6.07 Å². The zero-order valence-corrected chi connectivity index (χ0v) is 10.5. The lowest BCUT2D eigenvalue weighted by atomic mass is 10.1. The summed E-state index contributed by atoms with van der Waals surface area (Å²) < 4.78 is 19.2. The molecule has 92 valence electrons. The number of likely N-dealkylation sites (N-methyl/N-ethyl adjacent to an activating group) is 1. The minimum absolute atomic E-state index is 0.210. The summed E-state index contributed by atoms with van der Waals surface area (Å²) in [6, 6.07) is 5.07. The number of nitrogens with zero attached hydrogens (tertiary/aromatic N) is 1. The van der Waals surface area contributed by atoms with E-state index in [0.717, 1.165) is 13.0 Å². The molecule has 0 bridgehead atoms. The van der Waals surface area contributed by atoms with Gasteiger partial charge >= 0.3 is 0 Å². The maximum Gasteiger partial charge on any atom is 0.147 e. The average molecular weight is 254 g/mol. The van der Waals surface area contributed by atoms with Gasteiger partial charge in [-0.25, -0.2) is 4.39 Å². The van der Waals surface area contributed by atoms with Crippen molar-refractivity contribution in [2.75, 3.05) is 25.2 Å². The lowest BCUT2D eigenvalue weighted by Gasteiger charge is -2.26. The smallest absolute Gasteiger partial charge is 0.147 e. The van der Waals surface area contributed by atoms with Crippen LogP contribution in [0.25, 0.3) is 0 Å². The first-order chi connectivity index (χ1) is 8.09. The highest BCUT2D eigenvalue weighted by molar-refractivity contribution is 7.80. The van der Waals surface area contributed by atoms with E-state index < -0.39 is 0 Å². The minimum atomic E-state index is -0.301. The first kappa shape index (κ1) is 12.3. The van der Waals surface area contributed by atoms with Crippen LogP contribution >= 0.6 is 12.2 Å². The molecule has 2 rings (SSSR count). The Labute approximate surface area is 105 Å². The quantitative estimate of drug-likeness (QED) is 0.833. The number of rotatable bonds is 3. The Morgan fingerprint density at radius 2 is 2.35 bits per heavy atom. The average Bonchev–Trinajstić information content (AvgIpc) is 2.81. The minimum Gasteiger partial charge on any atom is -0.389 e. The second kappa shape index (κ2) is 4.98. The SMILES string of the molecule is CN(c1ccc(C(N)=S)cc1F)C1CCOC1. The summed E-state index contributed by atoms with van der Waals surface area (Å²) in [5.74, 6) is -0.301. The van der Waals surface area contributed by atoms with Crippen molar-refractivity contribution in [3.8, 4) is 0 Å². The maximum atomic E-state index is 13.9. The van der Waals surface area contributed by atoms with Crippen molar-refractivity contribution in [2.24, 2.45) is 5.73 Å². The maximum absolute atomic E-state index is 13.9. The van der Waals surface area contributed by atoms with Crippen LogP contribution in [0, 0.1) is 5.82 Å². The van der Waals surface area contributed by atoms with Gasteiger partial charge in [0.15, 0.2) is 0 Å². The van der Waals surface area contributed by atoms with Gasteiger partial charge in [-0.15, -0.1) is 0 Å². The number of thiocarbonyl (C=S) groups is 1. The van der Waals surface area contributed by atoms with Crippen molar-refractivity contribution < 1.29 is 9.13 Å². The number of hydrogen-bond acceptors (Lipinski definition) is 3. The third-order valence-corrected chi connectivity index (χ3v) is 3.30. The summed E-state index contributed by atoms with van der Waals surface area (Å²) in [5.41, 5.74) is 6.57. The van der Waals surface area contributed by atoms with Crippen LogP contribution in [0.4, 0.5) is 10.1 Å². The van der Waals surface area contributed by atoms with E-state index in [1.807, 2.05) is 11.9 Å². The molecule has 0 radical (unpaired) electrons.